The van der Waals surface area contributed by atoms with Gasteiger partial charge < -0.3 is 14.6 Å². The van der Waals surface area contributed by atoms with Gasteiger partial charge in [0, 0.05) is 38.9 Å². The van der Waals surface area contributed by atoms with Gasteiger partial charge in [0.2, 0.25) is 0 Å². The van der Waals surface area contributed by atoms with Gasteiger partial charge in [0.1, 0.15) is 5.75 Å². The van der Waals surface area contributed by atoms with Crippen LogP contribution in [-0.2, 0) is 11.3 Å². The molecule has 4 heteroatoms. The van der Waals surface area contributed by atoms with Gasteiger partial charge in [0.05, 0.1) is 12.2 Å². The van der Waals surface area contributed by atoms with Gasteiger partial charge in [-0.25, -0.2) is 0 Å². The topological polar surface area (TPSA) is 41.9 Å². The summed E-state index contributed by atoms with van der Waals surface area (Å²) < 4.78 is 10.8. The molecule has 1 N–H and O–H groups in total. The van der Waals surface area contributed by atoms with E-state index in [0.29, 0.717) is 19.6 Å². The molecule has 1 aromatic rings. The molecule has 0 amide bonds. The van der Waals surface area contributed by atoms with Crippen molar-refractivity contribution in [2.24, 2.45) is 5.92 Å². The van der Waals surface area contributed by atoms with Gasteiger partial charge >= 0.3 is 0 Å². The van der Waals surface area contributed by atoms with Gasteiger partial charge in [-0.2, -0.15) is 0 Å². The van der Waals surface area contributed by atoms with Crippen molar-refractivity contribution in [3.05, 3.63) is 29.8 Å². The first kappa shape index (κ1) is 17.3. The number of hydrogen-bond donors (Lipinski definition) is 1. The van der Waals surface area contributed by atoms with Gasteiger partial charge in [0.15, 0.2) is 0 Å². The fourth-order valence-electron chi connectivity index (χ4n) is 3.21. The van der Waals surface area contributed by atoms with E-state index in [-0.39, 0.29) is 5.92 Å². The van der Waals surface area contributed by atoms with Crippen molar-refractivity contribution in [3.63, 3.8) is 0 Å². The number of rotatable bonds is 7. The first-order valence-electron chi connectivity index (χ1n) is 8.23. The third-order valence-electron chi connectivity index (χ3n) is 4.72. The largest absolute Gasteiger partial charge is 0.494 e. The van der Waals surface area contributed by atoms with Crippen molar-refractivity contribution in [2.75, 3.05) is 33.4 Å². The van der Waals surface area contributed by atoms with Crippen LogP contribution in [0.3, 0.4) is 0 Å². The first-order valence-corrected chi connectivity index (χ1v) is 8.23. The molecule has 4 nitrogen and oxygen atoms in total. The highest BCUT2D eigenvalue weighted by Crippen LogP contribution is 2.32. The molecule has 22 heavy (non-hydrogen) atoms. The van der Waals surface area contributed by atoms with Gasteiger partial charge in [-0.05, 0) is 31.7 Å². The molecule has 1 aromatic carbocycles. The monoisotopic (exact) mass is 307 g/mol. The molecule has 124 valence electrons. The lowest BCUT2D eigenvalue weighted by atomic mass is 9.80. The number of hydrogen-bond acceptors (Lipinski definition) is 4. The Morgan fingerprint density at radius 2 is 2.14 bits per heavy atom. The van der Waals surface area contributed by atoms with Crippen molar-refractivity contribution in [1.82, 2.24) is 4.90 Å². The quantitative estimate of drug-likeness (QED) is 0.841. The second kappa shape index (κ2) is 7.95. The van der Waals surface area contributed by atoms with E-state index in [2.05, 4.69) is 24.0 Å². The maximum Gasteiger partial charge on any atom is 0.123 e. The number of ether oxygens (including phenoxy) is 2. The fourth-order valence-corrected chi connectivity index (χ4v) is 3.21. The number of benzene rings is 1. The molecule has 2 rings (SSSR count). The van der Waals surface area contributed by atoms with E-state index in [1.54, 1.807) is 7.11 Å². The molecule has 1 aliphatic heterocycles. The van der Waals surface area contributed by atoms with Crippen LogP contribution in [0.2, 0.25) is 0 Å². The lowest BCUT2D eigenvalue weighted by Gasteiger charge is -2.43. The molecule has 0 bridgehead atoms. The van der Waals surface area contributed by atoms with Crippen molar-refractivity contribution in [1.29, 1.82) is 0 Å². The second-order valence-corrected chi connectivity index (χ2v) is 6.27. The summed E-state index contributed by atoms with van der Waals surface area (Å²) in [6.45, 7) is 8.14. The predicted molar refractivity (Wildman–Crippen MR) is 88.1 cm³/mol. The molecule has 1 heterocycles. The standard InChI is InChI=1S/C18H29NO3/c1-4-22-17-8-6-5-7-16(17)14-19-11-9-18(20,10-12-21-3)15(2)13-19/h5-8,15,20H,4,9-14H2,1-3H3/t15-,18-/m0/s1. The zero-order valence-electron chi connectivity index (χ0n) is 14.0. The van der Waals surface area contributed by atoms with Gasteiger partial charge in [-0.1, -0.05) is 25.1 Å². The van der Waals surface area contributed by atoms with Crippen LogP contribution >= 0.6 is 0 Å². The van der Waals surface area contributed by atoms with Crippen LogP contribution in [-0.4, -0.2) is 49.0 Å². The summed E-state index contributed by atoms with van der Waals surface area (Å²) in [5, 5.41) is 10.8. The van der Waals surface area contributed by atoms with Crippen molar-refractivity contribution in [3.8, 4) is 5.75 Å². The maximum atomic E-state index is 10.8. The molecule has 0 radical (unpaired) electrons. The molecular formula is C18H29NO3. The lowest BCUT2D eigenvalue weighted by molar-refractivity contribution is -0.0828. The van der Waals surface area contributed by atoms with Crippen molar-refractivity contribution >= 4 is 0 Å². The minimum atomic E-state index is -0.591. The molecule has 1 fully saturated rings. The van der Waals surface area contributed by atoms with Crippen LogP contribution in [0.5, 0.6) is 5.75 Å². The fraction of sp³-hybridized carbons (Fsp3) is 0.667. The average Bonchev–Trinajstić information content (AvgIpc) is 2.51. The number of aliphatic hydroxyl groups is 1. The second-order valence-electron chi connectivity index (χ2n) is 6.27. The Hall–Kier alpha value is -1.10. The Bertz CT molecular complexity index is 465. The molecule has 0 saturated carbocycles. The van der Waals surface area contributed by atoms with Gasteiger partial charge in [-0.15, -0.1) is 0 Å². The molecule has 1 aliphatic rings. The Labute approximate surface area is 134 Å². The zero-order valence-corrected chi connectivity index (χ0v) is 14.0. The normalized spacial score (nSPS) is 26.1. The van der Waals surface area contributed by atoms with Crippen LogP contribution in [0.15, 0.2) is 24.3 Å². The molecule has 0 aromatic heterocycles. The summed E-state index contributed by atoms with van der Waals surface area (Å²) in [5.74, 6) is 1.22. The molecule has 0 spiro atoms. The number of para-hydroxylation sites is 1. The van der Waals surface area contributed by atoms with Crippen LogP contribution in [0, 0.1) is 5.92 Å². The molecule has 0 unspecified atom stereocenters. The number of likely N-dealkylation sites (tertiary alicyclic amines) is 1. The van der Waals surface area contributed by atoms with E-state index in [1.807, 2.05) is 19.1 Å². The van der Waals surface area contributed by atoms with Crippen LogP contribution in [0.4, 0.5) is 0 Å². The van der Waals surface area contributed by atoms with Gasteiger partial charge in [0.25, 0.3) is 0 Å². The Morgan fingerprint density at radius 1 is 1.36 bits per heavy atom. The van der Waals surface area contributed by atoms with Crippen LogP contribution < -0.4 is 4.74 Å². The third kappa shape index (κ3) is 4.22. The summed E-state index contributed by atoms with van der Waals surface area (Å²) in [4.78, 5) is 2.41. The van der Waals surface area contributed by atoms with Crippen molar-refractivity contribution in [2.45, 2.75) is 38.8 Å². The smallest absolute Gasteiger partial charge is 0.123 e. The van der Waals surface area contributed by atoms with Crippen molar-refractivity contribution < 1.29 is 14.6 Å². The minimum Gasteiger partial charge on any atom is -0.494 e. The molecular weight excluding hydrogens is 278 g/mol. The number of piperidine rings is 1. The number of nitrogens with zero attached hydrogens (tertiary/aromatic N) is 1. The highest BCUT2D eigenvalue weighted by Gasteiger charge is 2.38. The van der Waals surface area contributed by atoms with Crippen LogP contribution in [0.25, 0.3) is 0 Å². The summed E-state index contributed by atoms with van der Waals surface area (Å²) in [6.07, 6.45) is 1.52. The SMILES string of the molecule is CCOc1ccccc1CN1CC[C@](O)(CCOC)[C@@H](C)C1. The summed E-state index contributed by atoms with van der Waals surface area (Å²) in [5.41, 5.74) is 0.630. The third-order valence-corrected chi connectivity index (χ3v) is 4.72. The Morgan fingerprint density at radius 3 is 2.82 bits per heavy atom. The first-order chi connectivity index (χ1) is 10.6. The maximum absolute atomic E-state index is 10.8. The van der Waals surface area contributed by atoms with E-state index in [4.69, 9.17) is 9.47 Å². The Balaban J connectivity index is 1.96. The molecule has 1 saturated heterocycles. The lowest BCUT2D eigenvalue weighted by Crippen LogP contribution is -2.51. The predicted octanol–water partition coefficient (Wildman–Crippen LogP) is 2.69. The van der Waals surface area contributed by atoms with E-state index in [0.717, 1.165) is 31.8 Å². The number of methoxy groups -OCH3 is 1. The molecule has 2 atom stereocenters. The van der Waals surface area contributed by atoms with Crippen LogP contribution in [0.1, 0.15) is 32.3 Å². The summed E-state index contributed by atoms with van der Waals surface area (Å²) >= 11 is 0. The highest BCUT2D eigenvalue weighted by molar-refractivity contribution is 5.33. The summed E-state index contributed by atoms with van der Waals surface area (Å²) in [7, 11) is 1.69. The summed E-state index contributed by atoms with van der Waals surface area (Å²) in [6, 6.07) is 8.22. The zero-order chi connectivity index (χ0) is 16.0. The molecule has 0 aliphatic carbocycles. The average molecular weight is 307 g/mol. The van der Waals surface area contributed by atoms with Gasteiger partial charge in [-0.3, -0.25) is 4.90 Å². The Kier molecular flexibility index (Phi) is 6.24. The van der Waals surface area contributed by atoms with E-state index >= 15 is 0 Å². The van der Waals surface area contributed by atoms with E-state index in [1.165, 1.54) is 5.56 Å². The minimum absolute atomic E-state index is 0.246. The highest BCUT2D eigenvalue weighted by atomic mass is 16.5. The van der Waals surface area contributed by atoms with E-state index in [9.17, 15) is 5.11 Å². The van der Waals surface area contributed by atoms with E-state index < -0.39 is 5.60 Å².